The molecule has 4 aliphatic carbocycles. The third-order valence-corrected chi connectivity index (χ3v) is 6.99. The van der Waals surface area contributed by atoms with E-state index in [0.717, 1.165) is 30.4 Å². The van der Waals surface area contributed by atoms with Gasteiger partial charge in [0.15, 0.2) is 0 Å². The fraction of sp³-hybridized carbons (Fsp3) is 0.600. The molecule has 1 aromatic heterocycles. The number of alkyl halides is 3. The summed E-state index contributed by atoms with van der Waals surface area (Å²) < 4.78 is 47.4. The molecule has 6 rings (SSSR count). The molecule has 144 valence electrons. The Morgan fingerprint density at radius 1 is 1.07 bits per heavy atom. The molecule has 4 saturated carbocycles. The highest BCUT2D eigenvalue weighted by molar-refractivity contribution is 5.54. The van der Waals surface area contributed by atoms with Crippen LogP contribution in [0.25, 0.3) is 11.4 Å². The van der Waals surface area contributed by atoms with Gasteiger partial charge in [-0.15, -0.1) is 0 Å². The Hall–Kier alpha value is -1.89. The molecule has 4 nitrogen and oxygen atoms in total. The van der Waals surface area contributed by atoms with Gasteiger partial charge in [0.1, 0.15) is 0 Å². The lowest BCUT2D eigenvalue weighted by Gasteiger charge is -2.60. The standard InChI is InChI=1S/C20H22F3N3O/c21-20(22,23)19-8-13-5-14(9-19)7-18(6-13,11-19)17-25-16(26-27-17)15-3-1-12(10-24)2-4-15/h1-4,13-14H,5-11,24H2. The van der Waals surface area contributed by atoms with Gasteiger partial charge in [0.2, 0.25) is 11.7 Å². The van der Waals surface area contributed by atoms with Gasteiger partial charge in [-0.25, -0.2) is 0 Å². The lowest BCUT2D eigenvalue weighted by Crippen LogP contribution is -2.59. The van der Waals surface area contributed by atoms with Crippen molar-refractivity contribution in [2.45, 2.75) is 56.7 Å². The van der Waals surface area contributed by atoms with Crippen molar-refractivity contribution in [3.8, 4) is 11.4 Å². The van der Waals surface area contributed by atoms with E-state index in [9.17, 15) is 13.2 Å². The lowest BCUT2D eigenvalue weighted by atomic mass is 9.44. The van der Waals surface area contributed by atoms with Gasteiger partial charge in [0.25, 0.3) is 0 Å². The smallest absolute Gasteiger partial charge is 0.338 e. The van der Waals surface area contributed by atoms with Crippen molar-refractivity contribution < 1.29 is 17.7 Å². The first-order chi connectivity index (χ1) is 12.8. The average Bonchev–Trinajstić information content (AvgIpc) is 3.11. The van der Waals surface area contributed by atoms with Gasteiger partial charge < -0.3 is 10.3 Å². The molecular weight excluding hydrogens is 355 g/mol. The summed E-state index contributed by atoms with van der Waals surface area (Å²) in [6.07, 6.45) is -1.20. The van der Waals surface area contributed by atoms with Crippen LogP contribution in [0.5, 0.6) is 0 Å². The predicted molar refractivity (Wildman–Crippen MR) is 92.5 cm³/mol. The highest BCUT2D eigenvalue weighted by Crippen LogP contribution is 2.69. The van der Waals surface area contributed by atoms with Gasteiger partial charge in [-0.1, -0.05) is 29.4 Å². The molecule has 0 radical (unpaired) electrons. The minimum Gasteiger partial charge on any atom is -0.338 e. The zero-order valence-electron chi connectivity index (χ0n) is 14.9. The van der Waals surface area contributed by atoms with E-state index >= 15 is 0 Å². The molecule has 7 heteroatoms. The summed E-state index contributed by atoms with van der Waals surface area (Å²) in [4.78, 5) is 4.56. The molecule has 2 N–H and O–H groups in total. The van der Waals surface area contributed by atoms with Gasteiger partial charge in [-0.05, 0) is 55.9 Å². The molecule has 0 aliphatic heterocycles. The second-order valence-electron chi connectivity index (χ2n) is 8.84. The molecule has 0 spiro atoms. The number of nitrogens with zero attached hydrogens (tertiary/aromatic N) is 2. The van der Waals surface area contributed by atoms with Gasteiger partial charge >= 0.3 is 6.18 Å². The summed E-state index contributed by atoms with van der Waals surface area (Å²) >= 11 is 0. The van der Waals surface area contributed by atoms with Crippen LogP contribution in [0.2, 0.25) is 0 Å². The Morgan fingerprint density at radius 2 is 1.74 bits per heavy atom. The molecule has 4 fully saturated rings. The normalized spacial score (nSPS) is 35.0. The van der Waals surface area contributed by atoms with Gasteiger partial charge in [0, 0.05) is 12.1 Å². The van der Waals surface area contributed by atoms with E-state index in [4.69, 9.17) is 10.3 Å². The minimum atomic E-state index is -4.17. The second kappa shape index (κ2) is 5.56. The first-order valence-corrected chi connectivity index (χ1v) is 9.53. The molecular formula is C20H22F3N3O. The van der Waals surface area contributed by atoms with E-state index in [-0.39, 0.29) is 31.1 Å². The number of hydrogen-bond donors (Lipinski definition) is 1. The Morgan fingerprint density at radius 3 is 2.33 bits per heavy atom. The number of nitrogens with two attached hydrogens (primary N) is 1. The quantitative estimate of drug-likeness (QED) is 0.849. The van der Waals surface area contributed by atoms with Crippen LogP contribution in [0, 0.1) is 17.3 Å². The van der Waals surface area contributed by atoms with Crippen LogP contribution < -0.4 is 5.73 Å². The fourth-order valence-electron chi connectivity index (χ4n) is 6.19. The topological polar surface area (TPSA) is 64.9 Å². The molecule has 0 saturated heterocycles. The van der Waals surface area contributed by atoms with E-state index in [1.807, 2.05) is 24.3 Å². The van der Waals surface area contributed by atoms with Crippen molar-refractivity contribution in [3.05, 3.63) is 35.7 Å². The fourth-order valence-corrected chi connectivity index (χ4v) is 6.19. The zero-order chi connectivity index (χ0) is 18.9. The molecule has 2 aromatic rings. The highest BCUT2D eigenvalue weighted by atomic mass is 19.4. The third kappa shape index (κ3) is 2.54. The second-order valence-corrected chi connectivity index (χ2v) is 8.84. The van der Waals surface area contributed by atoms with E-state index in [1.165, 1.54) is 0 Å². The van der Waals surface area contributed by atoms with Crippen molar-refractivity contribution in [3.63, 3.8) is 0 Å². The molecule has 27 heavy (non-hydrogen) atoms. The molecule has 1 aromatic carbocycles. The van der Waals surface area contributed by atoms with Crippen LogP contribution in [-0.4, -0.2) is 16.3 Å². The third-order valence-electron chi connectivity index (χ3n) is 6.99. The number of halogens is 3. The maximum atomic E-state index is 13.9. The van der Waals surface area contributed by atoms with Crippen molar-refractivity contribution in [1.29, 1.82) is 0 Å². The maximum Gasteiger partial charge on any atom is 0.394 e. The Labute approximate surface area is 155 Å². The SMILES string of the molecule is NCc1ccc(-c2noc(C34CC5CC(C3)CC(C(F)(F)F)(C5)C4)n2)cc1. The number of benzene rings is 1. The van der Waals surface area contributed by atoms with Crippen molar-refractivity contribution in [2.24, 2.45) is 23.0 Å². The molecule has 2 unspecified atom stereocenters. The summed E-state index contributed by atoms with van der Waals surface area (Å²) in [6, 6.07) is 7.53. The number of hydrogen-bond acceptors (Lipinski definition) is 4. The van der Waals surface area contributed by atoms with E-state index in [1.54, 1.807) is 0 Å². The average molecular weight is 377 g/mol. The predicted octanol–water partition coefficient (Wildman–Crippen LogP) is 4.60. The Kier molecular flexibility index (Phi) is 3.55. The van der Waals surface area contributed by atoms with Gasteiger partial charge in [0.05, 0.1) is 10.8 Å². The first kappa shape index (κ1) is 17.2. The van der Waals surface area contributed by atoms with Crippen LogP contribution in [0.1, 0.15) is 50.0 Å². The van der Waals surface area contributed by atoms with Crippen LogP contribution in [0.4, 0.5) is 13.2 Å². The molecule has 4 bridgehead atoms. The van der Waals surface area contributed by atoms with Crippen LogP contribution in [-0.2, 0) is 12.0 Å². The van der Waals surface area contributed by atoms with E-state index in [2.05, 4.69) is 10.1 Å². The summed E-state index contributed by atoms with van der Waals surface area (Å²) in [5.41, 5.74) is 5.21. The van der Waals surface area contributed by atoms with Crippen LogP contribution >= 0.6 is 0 Å². The molecule has 1 heterocycles. The largest absolute Gasteiger partial charge is 0.394 e. The summed E-state index contributed by atoms with van der Waals surface area (Å²) in [5.74, 6) is 1.03. The minimum absolute atomic E-state index is 0.0875. The van der Waals surface area contributed by atoms with Crippen molar-refractivity contribution in [1.82, 2.24) is 10.1 Å². The van der Waals surface area contributed by atoms with E-state index < -0.39 is 17.0 Å². The number of aromatic nitrogens is 2. The maximum absolute atomic E-state index is 13.9. The van der Waals surface area contributed by atoms with Crippen LogP contribution in [0.15, 0.2) is 28.8 Å². The van der Waals surface area contributed by atoms with Gasteiger partial charge in [-0.3, -0.25) is 0 Å². The molecule has 0 amide bonds. The Balaban J connectivity index is 1.50. The summed E-state index contributed by atoms with van der Waals surface area (Å²) in [7, 11) is 0. The van der Waals surface area contributed by atoms with E-state index in [0.29, 0.717) is 18.3 Å². The first-order valence-electron chi connectivity index (χ1n) is 9.53. The van der Waals surface area contributed by atoms with Crippen molar-refractivity contribution >= 4 is 0 Å². The van der Waals surface area contributed by atoms with Crippen LogP contribution in [0.3, 0.4) is 0 Å². The summed E-state index contributed by atoms with van der Waals surface area (Å²) in [5, 5.41) is 4.09. The monoisotopic (exact) mass is 377 g/mol. The van der Waals surface area contributed by atoms with Gasteiger partial charge in [-0.2, -0.15) is 18.2 Å². The zero-order valence-corrected chi connectivity index (χ0v) is 14.9. The number of rotatable bonds is 3. The summed E-state index contributed by atoms with van der Waals surface area (Å²) in [6.45, 7) is 0.448. The Bertz CT molecular complexity index is 844. The highest BCUT2D eigenvalue weighted by Gasteiger charge is 2.68. The van der Waals surface area contributed by atoms with Crippen molar-refractivity contribution in [2.75, 3.05) is 0 Å². The molecule has 4 aliphatic rings. The molecule has 2 atom stereocenters. The lowest BCUT2D eigenvalue weighted by molar-refractivity contribution is -0.279.